The van der Waals surface area contributed by atoms with E-state index in [1.54, 1.807) is 6.92 Å². The predicted octanol–water partition coefficient (Wildman–Crippen LogP) is 1.16. The van der Waals surface area contributed by atoms with Crippen molar-refractivity contribution in [3.8, 4) is 0 Å². The van der Waals surface area contributed by atoms with Crippen molar-refractivity contribution in [1.82, 2.24) is 5.32 Å². The molecule has 0 aromatic rings. The van der Waals surface area contributed by atoms with Crippen molar-refractivity contribution in [3.05, 3.63) is 0 Å². The largest absolute Gasteiger partial charge is 0.353 e. The molecular weight excluding hydrogens is 220 g/mol. The molecule has 14 heavy (non-hydrogen) atoms. The lowest BCUT2D eigenvalue weighted by atomic mass is 10.1. The zero-order chi connectivity index (χ0) is 9.90. The van der Waals surface area contributed by atoms with Gasteiger partial charge in [0.15, 0.2) is 0 Å². The Hall–Kier alpha value is 0.0700. The van der Waals surface area contributed by atoms with Crippen LogP contribution in [-0.4, -0.2) is 29.0 Å². The van der Waals surface area contributed by atoms with Gasteiger partial charge in [-0.05, 0) is 32.4 Å². The van der Waals surface area contributed by atoms with Crippen molar-refractivity contribution >= 4 is 30.1 Å². The van der Waals surface area contributed by atoms with E-state index in [1.165, 1.54) is 18.6 Å². The highest BCUT2D eigenvalue weighted by Gasteiger charge is 2.29. The van der Waals surface area contributed by atoms with Gasteiger partial charge in [0.2, 0.25) is 5.91 Å². The maximum Gasteiger partial charge on any atom is 0.236 e. The Labute approximate surface area is 96.0 Å². The van der Waals surface area contributed by atoms with Crippen molar-refractivity contribution in [1.29, 1.82) is 0 Å². The Morgan fingerprint density at radius 1 is 1.71 bits per heavy atom. The van der Waals surface area contributed by atoms with E-state index >= 15 is 0 Å². The Bertz CT molecular complexity index is 193. The van der Waals surface area contributed by atoms with Crippen LogP contribution in [-0.2, 0) is 4.79 Å². The van der Waals surface area contributed by atoms with Crippen LogP contribution in [0.2, 0.25) is 0 Å². The molecule has 0 aliphatic carbocycles. The third-order valence-electron chi connectivity index (χ3n) is 2.35. The van der Waals surface area contributed by atoms with Crippen LogP contribution in [0, 0.1) is 0 Å². The summed E-state index contributed by atoms with van der Waals surface area (Å²) in [5.41, 5.74) is 5.44. The van der Waals surface area contributed by atoms with Gasteiger partial charge in [-0.15, -0.1) is 12.4 Å². The molecule has 1 heterocycles. The second-order valence-electron chi connectivity index (χ2n) is 3.91. The molecule has 5 heteroatoms. The fourth-order valence-corrected chi connectivity index (χ4v) is 2.66. The topological polar surface area (TPSA) is 55.1 Å². The number of hydrogen-bond donors (Lipinski definition) is 2. The second kappa shape index (κ2) is 5.83. The molecule has 1 amide bonds. The van der Waals surface area contributed by atoms with Gasteiger partial charge in [-0.3, -0.25) is 4.79 Å². The molecule has 0 aromatic heterocycles. The summed E-state index contributed by atoms with van der Waals surface area (Å²) >= 11 is 1.94. The molecule has 1 rings (SSSR count). The van der Waals surface area contributed by atoms with Crippen LogP contribution in [0.4, 0.5) is 0 Å². The standard InChI is InChI=1S/C9H18N2OS.ClH/c1-7(10)8(12)11-6-9(2)4-3-5-13-9;/h7H,3-6,10H2,1-2H3,(H,11,12);1H/t7-,9?;/m1./s1. The molecule has 2 atom stereocenters. The minimum absolute atomic E-state index is 0. The highest BCUT2D eigenvalue weighted by molar-refractivity contribution is 8.00. The van der Waals surface area contributed by atoms with Gasteiger partial charge < -0.3 is 11.1 Å². The number of amides is 1. The van der Waals surface area contributed by atoms with E-state index in [0.29, 0.717) is 0 Å². The SMILES string of the molecule is C[C@@H](N)C(=O)NCC1(C)CCCS1.Cl. The Kier molecular flexibility index (Phi) is 5.86. The molecule has 3 N–H and O–H groups in total. The number of hydrogen-bond acceptors (Lipinski definition) is 3. The first-order valence-corrected chi connectivity index (χ1v) is 5.69. The van der Waals surface area contributed by atoms with Gasteiger partial charge in [-0.1, -0.05) is 0 Å². The number of carbonyl (C=O) groups excluding carboxylic acids is 1. The van der Waals surface area contributed by atoms with E-state index in [4.69, 9.17) is 5.73 Å². The molecule has 1 aliphatic heterocycles. The maximum absolute atomic E-state index is 11.2. The summed E-state index contributed by atoms with van der Waals surface area (Å²) < 4.78 is 0.241. The zero-order valence-electron chi connectivity index (χ0n) is 8.71. The fourth-order valence-electron chi connectivity index (χ4n) is 1.41. The van der Waals surface area contributed by atoms with Gasteiger partial charge in [0.25, 0.3) is 0 Å². The van der Waals surface area contributed by atoms with Crippen LogP contribution in [0.1, 0.15) is 26.7 Å². The van der Waals surface area contributed by atoms with Gasteiger partial charge in [0, 0.05) is 11.3 Å². The summed E-state index contributed by atoms with van der Waals surface area (Å²) in [7, 11) is 0. The Balaban J connectivity index is 0.00000169. The molecule has 1 saturated heterocycles. The second-order valence-corrected chi connectivity index (χ2v) is 5.59. The van der Waals surface area contributed by atoms with Crippen molar-refractivity contribution in [2.75, 3.05) is 12.3 Å². The average molecular weight is 239 g/mol. The number of rotatable bonds is 3. The highest BCUT2D eigenvalue weighted by Crippen LogP contribution is 2.36. The number of thioether (sulfide) groups is 1. The molecule has 84 valence electrons. The van der Waals surface area contributed by atoms with Crippen LogP contribution >= 0.6 is 24.2 Å². The van der Waals surface area contributed by atoms with Crippen molar-refractivity contribution in [3.63, 3.8) is 0 Å². The minimum Gasteiger partial charge on any atom is -0.353 e. The average Bonchev–Trinajstić information content (AvgIpc) is 2.48. The molecule has 1 unspecified atom stereocenters. The van der Waals surface area contributed by atoms with E-state index in [2.05, 4.69) is 12.2 Å². The molecule has 3 nitrogen and oxygen atoms in total. The lowest BCUT2D eigenvalue weighted by Crippen LogP contribution is -2.43. The molecule has 0 spiro atoms. The summed E-state index contributed by atoms with van der Waals surface area (Å²) in [5.74, 6) is 1.17. The normalized spacial score (nSPS) is 27.9. The quantitative estimate of drug-likeness (QED) is 0.776. The van der Waals surface area contributed by atoms with E-state index in [0.717, 1.165) is 6.54 Å². The van der Waals surface area contributed by atoms with E-state index in [9.17, 15) is 4.79 Å². The van der Waals surface area contributed by atoms with E-state index < -0.39 is 6.04 Å². The van der Waals surface area contributed by atoms with E-state index in [-0.39, 0.29) is 23.1 Å². The molecule has 0 radical (unpaired) electrons. The van der Waals surface area contributed by atoms with Gasteiger partial charge in [-0.2, -0.15) is 11.8 Å². The fraction of sp³-hybridized carbons (Fsp3) is 0.889. The predicted molar refractivity (Wildman–Crippen MR) is 64.0 cm³/mol. The molecule has 0 bridgehead atoms. The Morgan fingerprint density at radius 3 is 2.79 bits per heavy atom. The third kappa shape index (κ3) is 4.07. The van der Waals surface area contributed by atoms with Crippen LogP contribution < -0.4 is 11.1 Å². The first-order chi connectivity index (χ1) is 6.03. The highest BCUT2D eigenvalue weighted by atomic mass is 35.5. The van der Waals surface area contributed by atoms with E-state index in [1.807, 2.05) is 11.8 Å². The number of halogens is 1. The summed E-state index contributed by atoms with van der Waals surface area (Å²) in [6, 6.07) is -0.394. The van der Waals surface area contributed by atoms with Crippen LogP contribution in [0.5, 0.6) is 0 Å². The summed E-state index contributed by atoms with van der Waals surface area (Å²) in [5, 5.41) is 2.88. The number of nitrogens with two attached hydrogens (primary N) is 1. The van der Waals surface area contributed by atoms with Crippen molar-refractivity contribution in [2.45, 2.75) is 37.5 Å². The molecule has 1 aliphatic rings. The van der Waals surface area contributed by atoms with Crippen molar-refractivity contribution in [2.24, 2.45) is 5.73 Å². The maximum atomic E-state index is 11.2. The van der Waals surface area contributed by atoms with Gasteiger partial charge >= 0.3 is 0 Å². The zero-order valence-corrected chi connectivity index (χ0v) is 10.3. The van der Waals surface area contributed by atoms with Crippen LogP contribution in [0.3, 0.4) is 0 Å². The van der Waals surface area contributed by atoms with Crippen molar-refractivity contribution < 1.29 is 4.79 Å². The summed E-state index contributed by atoms with van der Waals surface area (Å²) in [6.45, 7) is 4.66. The summed E-state index contributed by atoms with van der Waals surface area (Å²) in [4.78, 5) is 11.2. The minimum atomic E-state index is -0.394. The summed E-state index contributed by atoms with van der Waals surface area (Å²) in [6.07, 6.45) is 2.45. The van der Waals surface area contributed by atoms with Crippen LogP contribution in [0.25, 0.3) is 0 Å². The smallest absolute Gasteiger partial charge is 0.236 e. The van der Waals surface area contributed by atoms with Crippen LogP contribution in [0.15, 0.2) is 0 Å². The third-order valence-corrected chi connectivity index (χ3v) is 3.89. The molecule has 0 saturated carbocycles. The number of carbonyl (C=O) groups is 1. The first-order valence-electron chi connectivity index (χ1n) is 4.71. The lowest BCUT2D eigenvalue weighted by Gasteiger charge is -2.23. The molecule has 0 aromatic carbocycles. The lowest BCUT2D eigenvalue weighted by molar-refractivity contribution is -0.122. The van der Waals surface area contributed by atoms with Gasteiger partial charge in [-0.25, -0.2) is 0 Å². The van der Waals surface area contributed by atoms with Gasteiger partial charge in [0.05, 0.1) is 6.04 Å². The molecule has 1 fully saturated rings. The molecular formula is C9H19ClN2OS. The Morgan fingerprint density at radius 2 is 2.36 bits per heavy atom. The number of nitrogens with one attached hydrogen (secondary N) is 1. The monoisotopic (exact) mass is 238 g/mol. The first kappa shape index (κ1) is 14.1. The van der Waals surface area contributed by atoms with Gasteiger partial charge in [0.1, 0.15) is 0 Å².